The van der Waals surface area contributed by atoms with Crippen LogP contribution in [0.2, 0.25) is 0 Å². The van der Waals surface area contributed by atoms with Crippen molar-refractivity contribution < 1.29 is 0 Å². The number of nitrogens with one attached hydrogen (secondary N) is 1. The van der Waals surface area contributed by atoms with Crippen molar-refractivity contribution in [3.63, 3.8) is 0 Å². The molecular formula is C15H23N3. The number of nitrogens with zero attached hydrogens (tertiary/aromatic N) is 2. The third kappa shape index (κ3) is 2.41. The van der Waals surface area contributed by atoms with E-state index in [9.17, 15) is 0 Å². The molecule has 0 fully saturated rings. The van der Waals surface area contributed by atoms with Gasteiger partial charge in [-0.15, -0.1) is 0 Å². The number of aromatic amines is 1. The zero-order valence-corrected chi connectivity index (χ0v) is 11.8. The van der Waals surface area contributed by atoms with Crippen LogP contribution in [0.25, 0.3) is 11.0 Å². The molecule has 1 heterocycles. The first-order valence-corrected chi connectivity index (χ1v) is 6.92. The van der Waals surface area contributed by atoms with E-state index in [1.165, 1.54) is 5.56 Å². The summed E-state index contributed by atoms with van der Waals surface area (Å²) >= 11 is 0. The molecular weight excluding hydrogens is 222 g/mol. The van der Waals surface area contributed by atoms with Gasteiger partial charge in [0.05, 0.1) is 17.1 Å². The summed E-state index contributed by atoms with van der Waals surface area (Å²) in [5, 5.41) is 0. The molecule has 1 atom stereocenters. The average Bonchev–Trinajstić information content (AvgIpc) is 2.82. The van der Waals surface area contributed by atoms with Gasteiger partial charge in [-0.05, 0) is 44.1 Å². The van der Waals surface area contributed by atoms with Crippen LogP contribution in [0.15, 0.2) is 18.2 Å². The Labute approximate surface area is 109 Å². The molecule has 0 spiro atoms. The van der Waals surface area contributed by atoms with E-state index in [0.717, 1.165) is 36.4 Å². The minimum atomic E-state index is 0.345. The van der Waals surface area contributed by atoms with Crippen LogP contribution in [-0.2, 0) is 6.42 Å². The number of hydrogen-bond donors (Lipinski definition) is 1. The number of benzene rings is 1. The topological polar surface area (TPSA) is 31.9 Å². The average molecular weight is 245 g/mol. The van der Waals surface area contributed by atoms with Crippen LogP contribution < -0.4 is 0 Å². The van der Waals surface area contributed by atoms with E-state index in [0.29, 0.717) is 6.04 Å². The molecule has 0 aliphatic rings. The Bertz CT molecular complexity index is 511. The molecule has 1 aromatic carbocycles. The van der Waals surface area contributed by atoms with Crippen LogP contribution in [-0.4, -0.2) is 28.0 Å². The van der Waals surface area contributed by atoms with Gasteiger partial charge >= 0.3 is 0 Å². The number of hydrogen-bond acceptors (Lipinski definition) is 2. The largest absolute Gasteiger partial charge is 0.341 e. The lowest BCUT2D eigenvalue weighted by Gasteiger charge is -2.24. The number of rotatable bonds is 5. The second kappa shape index (κ2) is 5.53. The van der Waals surface area contributed by atoms with Crippen molar-refractivity contribution in [3.05, 3.63) is 29.6 Å². The van der Waals surface area contributed by atoms with E-state index in [1.54, 1.807) is 0 Å². The summed E-state index contributed by atoms with van der Waals surface area (Å²) in [4.78, 5) is 10.6. The second-order valence-electron chi connectivity index (χ2n) is 4.72. The summed E-state index contributed by atoms with van der Waals surface area (Å²) in [6.45, 7) is 10.9. The minimum absolute atomic E-state index is 0.345. The number of aryl methyl sites for hydroxylation is 1. The molecule has 1 aromatic heterocycles. The zero-order chi connectivity index (χ0) is 13.1. The summed E-state index contributed by atoms with van der Waals surface area (Å²) in [5.41, 5.74) is 3.58. The molecule has 0 radical (unpaired) electrons. The predicted octanol–water partition coefficient (Wildman–Crippen LogP) is 3.53. The maximum Gasteiger partial charge on any atom is 0.124 e. The Morgan fingerprint density at radius 2 is 1.94 bits per heavy atom. The SMILES string of the molecule is CCc1ccc2nc(C(C)N(CC)CC)[nH]c2c1. The fourth-order valence-electron chi connectivity index (χ4n) is 2.44. The van der Waals surface area contributed by atoms with Gasteiger partial charge in [0.25, 0.3) is 0 Å². The van der Waals surface area contributed by atoms with Crippen molar-refractivity contribution >= 4 is 11.0 Å². The molecule has 1 unspecified atom stereocenters. The Kier molecular flexibility index (Phi) is 4.02. The van der Waals surface area contributed by atoms with Gasteiger partial charge in [-0.2, -0.15) is 0 Å². The minimum Gasteiger partial charge on any atom is -0.341 e. The Morgan fingerprint density at radius 1 is 1.22 bits per heavy atom. The maximum atomic E-state index is 4.71. The molecule has 3 nitrogen and oxygen atoms in total. The Balaban J connectivity index is 2.34. The monoisotopic (exact) mass is 245 g/mol. The molecule has 1 N–H and O–H groups in total. The fraction of sp³-hybridized carbons (Fsp3) is 0.533. The van der Waals surface area contributed by atoms with Crippen LogP contribution >= 0.6 is 0 Å². The molecule has 2 rings (SSSR count). The highest BCUT2D eigenvalue weighted by atomic mass is 15.2. The van der Waals surface area contributed by atoms with Gasteiger partial charge in [0.15, 0.2) is 0 Å². The first kappa shape index (κ1) is 13.1. The fourth-order valence-corrected chi connectivity index (χ4v) is 2.44. The molecule has 2 aromatic rings. The lowest BCUT2D eigenvalue weighted by atomic mass is 10.1. The normalized spacial score (nSPS) is 13.4. The van der Waals surface area contributed by atoms with Crippen LogP contribution in [0.4, 0.5) is 0 Å². The first-order valence-electron chi connectivity index (χ1n) is 6.92. The summed E-state index contributed by atoms with van der Waals surface area (Å²) in [6, 6.07) is 6.83. The van der Waals surface area contributed by atoms with Gasteiger partial charge < -0.3 is 4.98 Å². The molecule has 0 aliphatic carbocycles. The molecule has 18 heavy (non-hydrogen) atoms. The highest BCUT2D eigenvalue weighted by molar-refractivity contribution is 5.75. The van der Waals surface area contributed by atoms with Crippen molar-refractivity contribution in [2.45, 2.75) is 40.2 Å². The van der Waals surface area contributed by atoms with E-state index in [4.69, 9.17) is 4.98 Å². The van der Waals surface area contributed by atoms with Crippen LogP contribution in [0.1, 0.15) is 45.1 Å². The maximum absolute atomic E-state index is 4.71. The number of fused-ring (bicyclic) bond motifs is 1. The summed E-state index contributed by atoms with van der Waals surface area (Å²) in [7, 11) is 0. The van der Waals surface area contributed by atoms with E-state index < -0.39 is 0 Å². The quantitative estimate of drug-likeness (QED) is 0.874. The van der Waals surface area contributed by atoms with Gasteiger partial charge in [0.2, 0.25) is 0 Å². The molecule has 0 amide bonds. The molecule has 0 saturated carbocycles. The lowest BCUT2D eigenvalue weighted by Crippen LogP contribution is -2.27. The second-order valence-corrected chi connectivity index (χ2v) is 4.72. The van der Waals surface area contributed by atoms with Crippen molar-refractivity contribution in [1.82, 2.24) is 14.9 Å². The van der Waals surface area contributed by atoms with Crippen molar-refractivity contribution in [1.29, 1.82) is 0 Å². The van der Waals surface area contributed by atoms with E-state index in [2.05, 4.69) is 55.8 Å². The lowest BCUT2D eigenvalue weighted by molar-refractivity contribution is 0.227. The summed E-state index contributed by atoms with van der Waals surface area (Å²) < 4.78 is 0. The van der Waals surface area contributed by atoms with Crippen molar-refractivity contribution in [2.75, 3.05) is 13.1 Å². The summed E-state index contributed by atoms with van der Waals surface area (Å²) in [6.07, 6.45) is 1.07. The summed E-state index contributed by atoms with van der Waals surface area (Å²) in [5.74, 6) is 1.07. The van der Waals surface area contributed by atoms with Crippen molar-refractivity contribution in [3.8, 4) is 0 Å². The predicted molar refractivity (Wildman–Crippen MR) is 76.8 cm³/mol. The van der Waals surface area contributed by atoms with E-state index in [-0.39, 0.29) is 0 Å². The molecule has 0 aliphatic heterocycles. The van der Waals surface area contributed by atoms with Gasteiger partial charge in [0, 0.05) is 0 Å². The Hall–Kier alpha value is -1.35. The van der Waals surface area contributed by atoms with E-state index in [1.807, 2.05) is 0 Å². The van der Waals surface area contributed by atoms with E-state index >= 15 is 0 Å². The number of H-pyrrole nitrogens is 1. The zero-order valence-electron chi connectivity index (χ0n) is 11.8. The standard InChI is InChI=1S/C15H23N3/c1-5-12-8-9-13-14(10-12)17-15(16-13)11(4)18(6-2)7-3/h8-11H,5-7H2,1-4H3,(H,16,17). The third-order valence-corrected chi connectivity index (χ3v) is 3.73. The highest BCUT2D eigenvalue weighted by Gasteiger charge is 2.16. The third-order valence-electron chi connectivity index (χ3n) is 3.73. The Morgan fingerprint density at radius 3 is 2.56 bits per heavy atom. The first-order chi connectivity index (χ1) is 8.69. The number of aromatic nitrogens is 2. The molecule has 98 valence electrons. The van der Waals surface area contributed by atoms with Gasteiger partial charge in [-0.1, -0.05) is 26.8 Å². The highest BCUT2D eigenvalue weighted by Crippen LogP contribution is 2.21. The molecule has 0 saturated heterocycles. The number of imidazole rings is 1. The van der Waals surface area contributed by atoms with Gasteiger partial charge in [0.1, 0.15) is 5.82 Å². The van der Waals surface area contributed by atoms with Gasteiger partial charge in [-0.3, -0.25) is 4.90 Å². The van der Waals surface area contributed by atoms with Gasteiger partial charge in [-0.25, -0.2) is 4.98 Å². The van der Waals surface area contributed by atoms with Crippen molar-refractivity contribution in [2.24, 2.45) is 0 Å². The smallest absolute Gasteiger partial charge is 0.124 e. The molecule has 3 heteroatoms. The molecule has 0 bridgehead atoms. The van der Waals surface area contributed by atoms with Crippen LogP contribution in [0, 0.1) is 0 Å². The van der Waals surface area contributed by atoms with Crippen LogP contribution in [0.3, 0.4) is 0 Å². The van der Waals surface area contributed by atoms with Crippen LogP contribution in [0.5, 0.6) is 0 Å².